The maximum absolute atomic E-state index is 12.3. The molecule has 1 amide bonds. The van der Waals surface area contributed by atoms with Gasteiger partial charge in [0.05, 0.1) is 6.54 Å². The number of nitrogens with zero attached hydrogens (tertiary/aromatic N) is 3. The third-order valence-electron chi connectivity index (χ3n) is 3.18. The molecule has 1 saturated heterocycles. The lowest BCUT2D eigenvalue weighted by Gasteiger charge is -2.28. The van der Waals surface area contributed by atoms with E-state index in [-0.39, 0.29) is 16.7 Å². The molecule has 1 aliphatic heterocycles. The molecule has 0 atom stereocenters. The van der Waals surface area contributed by atoms with Crippen molar-refractivity contribution in [2.75, 3.05) is 39.8 Å². The smallest absolute Gasteiger partial charge is 0.252 e. The monoisotopic (exact) mass is 328 g/mol. The van der Waals surface area contributed by atoms with Gasteiger partial charge in [-0.15, -0.1) is 11.3 Å². The number of nitrogens with one attached hydrogen (secondary N) is 1. The molecule has 2 heterocycles. The van der Waals surface area contributed by atoms with Crippen molar-refractivity contribution >= 4 is 27.3 Å². The first kappa shape index (κ1) is 15.9. The van der Waals surface area contributed by atoms with Gasteiger partial charge in [-0.3, -0.25) is 4.79 Å². The molecule has 0 radical (unpaired) electrons. The lowest BCUT2D eigenvalue weighted by Crippen LogP contribution is -2.49. The molecule has 9 heteroatoms. The predicted molar refractivity (Wildman–Crippen MR) is 78.3 cm³/mol. The molecule has 0 aliphatic carbocycles. The molecule has 0 aromatic carbocycles. The molecule has 1 aromatic heterocycles. The maximum Gasteiger partial charge on any atom is 0.252 e. The minimum atomic E-state index is -3.72. The average molecular weight is 328 g/mol. The minimum absolute atomic E-state index is 0.0784. The fourth-order valence-electron chi connectivity index (χ4n) is 1.96. The van der Waals surface area contributed by atoms with E-state index in [0.29, 0.717) is 18.0 Å². The van der Waals surface area contributed by atoms with Crippen LogP contribution in [0.15, 0.2) is 16.3 Å². The molecule has 1 aliphatic rings. The van der Waals surface area contributed by atoms with Gasteiger partial charge < -0.3 is 10.2 Å². The second kappa shape index (κ2) is 6.53. The predicted octanol–water partition coefficient (Wildman–Crippen LogP) is -0.328. The summed E-state index contributed by atoms with van der Waals surface area (Å²) in [6.07, 6.45) is 0. The van der Waals surface area contributed by atoms with Crippen LogP contribution in [0.4, 0.5) is 0 Å². The zero-order valence-electron chi connectivity index (χ0n) is 11.6. The van der Waals surface area contributed by atoms with E-state index in [0.717, 1.165) is 28.7 Å². The normalized spacial score (nSPS) is 16.0. The third-order valence-corrected chi connectivity index (χ3v) is 6.44. The highest BCUT2D eigenvalue weighted by molar-refractivity contribution is 7.91. The quantitative estimate of drug-likeness (QED) is 0.817. The first-order valence-electron chi connectivity index (χ1n) is 6.40. The van der Waals surface area contributed by atoms with Crippen molar-refractivity contribution in [2.24, 2.45) is 0 Å². The van der Waals surface area contributed by atoms with Gasteiger partial charge in [0.2, 0.25) is 5.91 Å². The molecule has 114 valence electrons. The van der Waals surface area contributed by atoms with Gasteiger partial charge in [-0.25, -0.2) is 8.42 Å². The van der Waals surface area contributed by atoms with Crippen molar-refractivity contribution < 1.29 is 13.2 Å². The van der Waals surface area contributed by atoms with Crippen LogP contribution in [0.2, 0.25) is 0 Å². The molecule has 1 aromatic rings. The van der Waals surface area contributed by atoms with Crippen LogP contribution >= 0.6 is 11.3 Å². The number of hydrogen-bond donors (Lipinski definition) is 1. The van der Waals surface area contributed by atoms with Crippen LogP contribution in [0.5, 0.6) is 0 Å². The van der Waals surface area contributed by atoms with Crippen molar-refractivity contribution in [3.63, 3.8) is 0 Å². The van der Waals surface area contributed by atoms with Crippen LogP contribution < -0.4 is 5.32 Å². The lowest BCUT2D eigenvalue weighted by molar-refractivity contribution is -0.131. The topological polar surface area (TPSA) is 93.5 Å². The second-order valence-electron chi connectivity index (χ2n) is 4.62. The van der Waals surface area contributed by atoms with Crippen LogP contribution in [0.3, 0.4) is 0 Å². The van der Waals surface area contributed by atoms with Gasteiger partial charge in [0.25, 0.3) is 10.0 Å². The molecule has 1 N–H and O–H groups in total. The highest BCUT2D eigenvalue weighted by Crippen LogP contribution is 2.23. The number of likely N-dealkylation sites (N-methyl/N-ethyl adjacent to an activating group) is 1. The van der Waals surface area contributed by atoms with Crippen molar-refractivity contribution in [1.29, 1.82) is 5.26 Å². The fourth-order valence-corrected chi connectivity index (χ4v) is 4.40. The summed E-state index contributed by atoms with van der Waals surface area (Å²) in [6.45, 7) is 2.42. The second-order valence-corrected chi connectivity index (χ2v) is 7.98. The number of hydrogen-bond acceptors (Lipinski definition) is 6. The van der Waals surface area contributed by atoms with Gasteiger partial charge in [0.15, 0.2) is 0 Å². The van der Waals surface area contributed by atoms with E-state index in [2.05, 4.69) is 5.32 Å². The molecule has 1 fully saturated rings. The Hall–Kier alpha value is -1.47. The Labute approximate surface area is 127 Å². The molecule has 0 saturated carbocycles. The van der Waals surface area contributed by atoms with Crippen LogP contribution in [-0.2, 0) is 14.8 Å². The molecule has 21 heavy (non-hydrogen) atoms. The molecule has 0 bridgehead atoms. The van der Waals surface area contributed by atoms with Gasteiger partial charge in [-0.05, 0) is 12.1 Å². The molecule has 7 nitrogen and oxygen atoms in total. The molecular weight excluding hydrogens is 312 g/mol. The molecular formula is C12H16N4O3S2. The molecule has 0 unspecified atom stereocenters. The summed E-state index contributed by atoms with van der Waals surface area (Å²) in [4.78, 5) is 14.1. The largest absolute Gasteiger partial charge is 0.339 e. The average Bonchev–Trinajstić information content (AvgIpc) is 2.97. The van der Waals surface area contributed by atoms with Gasteiger partial charge in [0.1, 0.15) is 15.2 Å². The summed E-state index contributed by atoms with van der Waals surface area (Å²) in [6, 6.07) is 4.76. The van der Waals surface area contributed by atoms with Crippen molar-refractivity contribution in [1.82, 2.24) is 14.5 Å². The summed E-state index contributed by atoms with van der Waals surface area (Å²) in [5, 5.41) is 11.9. The van der Waals surface area contributed by atoms with E-state index in [4.69, 9.17) is 5.26 Å². The van der Waals surface area contributed by atoms with Crippen molar-refractivity contribution in [3.8, 4) is 6.07 Å². The van der Waals surface area contributed by atoms with Crippen molar-refractivity contribution in [3.05, 3.63) is 17.0 Å². The summed E-state index contributed by atoms with van der Waals surface area (Å²) in [7, 11) is -2.35. The standard InChI is InChI=1S/C12H16N4O3S2/c1-15(9-11(17)16-6-4-14-5-7-16)21(18,19)12-3-2-10(8-13)20-12/h2-3,14H,4-7,9H2,1H3. The lowest BCUT2D eigenvalue weighted by atomic mass is 10.3. The van der Waals surface area contributed by atoms with Crippen LogP contribution in [0.25, 0.3) is 0 Å². The van der Waals surface area contributed by atoms with Gasteiger partial charge in [0, 0.05) is 33.2 Å². The number of carbonyl (C=O) groups excluding carboxylic acids is 1. The molecule has 0 spiro atoms. The first-order chi connectivity index (χ1) is 9.95. The van der Waals surface area contributed by atoms with E-state index in [1.54, 1.807) is 4.90 Å². The van der Waals surface area contributed by atoms with E-state index in [1.165, 1.54) is 19.2 Å². The number of nitriles is 1. The zero-order chi connectivity index (χ0) is 15.5. The number of amides is 1. The van der Waals surface area contributed by atoms with E-state index in [9.17, 15) is 13.2 Å². The number of piperazine rings is 1. The van der Waals surface area contributed by atoms with Gasteiger partial charge in [-0.2, -0.15) is 9.57 Å². The van der Waals surface area contributed by atoms with E-state index >= 15 is 0 Å². The maximum atomic E-state index is 12.3. The van der Waals surface area contributed by atoms with Gasteiger partial charge >= 0.3 is 0 Å². The van der Waals surface area contributed by atoms with E-state index < -0.39 is 10.0 Å². The third kappa shape index (κ3) is 3.59. The summed E-state index contributed by atoms with van der Waals surface area (Å²) < 4.78 is 25.8. The highest BCUT2D eigenvalue weighted by Gasteiger charge is 2.27. The Balaban J connectivity index is 2.06. The Bertz CT molecular complexity index is 656. The Morgan fingerprint density at radius 1 is 1.48 bits per heavy atom. The summed E-state index contributed by atoms with van der Waals surface area (Å²) in [5.41, 5.74) is 0. The van der Waals surface area contributed by atoms with Crippen LogP contribution in [0, 0.1) is 11.3 Å². The summed E-state index contributed by atoms with van der Waals surface area (Å²) in [5.74, 6) is -0.209. The number of thiophene rings is 1. The molecule has 2 rings (SSSR count). The zero-order valence-corrected chi connectivity index (χ0v) is 13.2. The van der Waals surface area contributed by atoms with Crippen LogP contribution in [0.1, 0.15) is 4.88 Å². The number of carbonyl (C=O) groups is 1. The highest BCUT2D eigenvalue weighted by atomic mass is 32.2. The number of rotatable bonds is 4. The fraction of sp³-hybridized carbons (Fsp3) is 0.500. The first-order valence-corrected chi connectivity index (χ1v) is 8.65. The Morgan fingerprint density at radius 2 is 2.14 bits per heavy atom. The minimum Gasteiger partial charge on any atom is -0.339 e. The summed E-state index contributed by atoms with van der Waals surface area (Å²) >= 11 is 0.905. The van der Waals surface area contributed by atoms with Crippen LogP contribution in [-0.4, -0.2) is 63.3 Å². The van der Waals surface area contributed by atoms with E-state index in [1.807, 2.05) is 6.07 Å². The Kier molecular flexibility index (Phi) is 4.95. The van der Waals surface area contributed by atoms with Gasteiger partial charge in [-0.1, -0.05) is 0 Å². The Morgan fingerprint density at radius 3 is 2.71 bits per heavy atom. The number of sulfonamides is 1. The van der Waals surface area contributed by atoms with Crippen molar-refractivity contribution in [2.45, 2.75) is 4.21 Å². The SMILES string of the molecule is CN(CC(=O)N1CCNCC1)S(=O)(=O)c1ccc(C#N)s1.